The molecule has 0 amide bonds. The third-order valence-electron chi connectivity index (χ3n) is 4.43. The van der Waals surface area contributed by atoms with Crippen LogP contribution >= 0.6 is 36.4 Å². The van der Waals surface area contributed by atoms with Gasteiger partial charge in [0.05, 0.1) is 6.10 Å². The van der Waals surface area contributed by atoms with Crippen LogP contribution in [-0.4, -0.2) is 32.5 Å². The zero-order chi connectivity index (χ0) is 19.6. The van der Waals surface area contributed by atoms with E-state index in [1.807, 2.05) is 43.3 Å². The van der Waals surface area contributed by atoms with E-state index < -0.39 is 0 Å². The fourth-order valence-electron chi connectivity index (χ4n) is 3.02. The van der Waals surface area contributed by atoms with Crippen LogP contribution < -0.4 is 15.4 Å². The molecule has 2 aromatic carbocycles. The molecule has 0 aliphatic rings. The first-order valence-corrected chi connectivity index (χ1v) is 9.90. The van der Waals surface area contributed by atoms with Crippen molar-refractivity contribution in [3.05, 3.63) is 64.7 Å². The molecular weight excluding hydrogens is 431 g/mol. The molecule has 164 valence electrons. The van der Waals surface area contributed by atoms with Crippen molar-refractivity contribution in [2.24, 2.45) is 0 Å². The Labute approximate surface area is 192 Å². The lowest BCUT2D eigenvalue weighted by Crippen LogP contribution is -2.32. The topological polar surface area (TPSA) is 42.5 Å². The van der Waals surface area contributed by atoms with Crippen molar-refractivity contribution in [1.29, 1.82) is 0 Å². The van der Waals surface area contributed by atoms with E-state index in [2.05, 4.69) is 36.6 Å². The van der Waals surface area contributed by atoms with Crippen molar-refractivity contribution in [3.8, 4) is 5.75 Å². The van der Waals surface area contributed by atoms with Crippen molar-refractivity contribution in [2.75, 3.05) is 20.2 Å². The maximum atomic E-state index is 6.09. The highest BCUT2D eigenvalue weighted by Gasteiger charge is 2.13. The smallest absolute Gasteiger partial charge is 0.147 e. The summed E-state index contributed by atoms with van der Waals surface area (Å²) in [5.74, 6) is 0.883. The number of rotatable bonds is 11. The molecule has 7 heteroatoms. The van der Waals surface area contributed by atoms with E-state index in [1.54, 1.807) is 7.11 Å². The second-order valence-electron chi connectivity index (χ2n) is 6.75. The van der Waals surface area contributed by atoms with Crippen LogP contribution in [0.2, 0.25) is 5.02 Å². The van der Waals surface area contributed by atoms with E-state index in [0.29, 0.717) is 6.04 Å². The Hall–Kier alpha value is -1.01. The van der Waals surface area contributed by atoms with Crippen molar-refractivity contribution in [2.45, 2.75) is 45.6 Å². The summed E-state index contributed by atoms with van der Waals surface area (Å²) in [4.78, 5) is 0. The molecule has 0 saturated carbocycles. The molecule has 3 unspecified atom stereocenters. The van der Waals surface area contributed by atoms with Gasteiger partial charge in [0.2, 0.25) is 0 Å². The van der Waals surface area contributed by atoms with Gasteiger partial charge in [0.15, 0.2) is 0 Å². The highest BCUT2D eigenvalue weighted by Crippen LogP contribution is 2.20. The number of hydrogen-bond donors (Lipinski definition) is 2. The SMILES string of the molecule is CCNC(C)Oc1ccc(CC(C)NCC(OC)c2cccc(Cl)c2)cc1.Cl.Cl. The Morgan fingerprint density at radius 2 is 1.69 bits per heavy atom. The number of hydrogen-bond acceptors (Lipinski definition) is 4. The van der Waals surface area contributed by atoms with Crippen LogP contribution in [0.5, 0.6) is 5.75 Å². The van der Waals surface area contributed by atoms with E-state index >= 15 is 0 Å². The first-order chi connectivity index (χ1) is 13.0. The van der Waals surface area contributed by atoms with Gasteiger partial charge in [0.25, 0.3) is 0 Å². The first kappa shape index (κ1) is 28.0. The van der Waals surface area contributed by atoms with Gasteiger partial charge in [-0.1, -0.05) is 42.8 Å². The van der Waals surface area contributed by atoms with Gasteiger partial charge in [-0.05, 0) is 62.2 Å². The minimum atomic E-state index is -0.0190. The van der Waals surface area contributed by atoms with Crippen LogP contribution in [0.4, 0.5) is 0 Å². The Balaban J connectivity index is 0.00000392. The molecule has 0 bridgehead atoms. The Morgan fingerprint density at radius 3 is 2.28 bits per heavy atom. The van der Waals surface area contributed by atoms with Gasteiger partial charge in [-0.25, -0.2) is 0 Å². The third-order valence-corrected chi connectivity index (χ3v) is 4.66. The zero-order valence-corrected chi connectivity index (χ0v) is 19.9. The van der Waals surface area contributed by atoms with Gasteiger partial charge >= 0.3 is 0 Å². The third kappa shape index (κ3) is 10.0. The van der Waals surface area contributed by atoms with Crippen LogP contribution in [0.3, 0.4) is 0 Å². The number of benzene rings is 2. The molecule has 0 aromatic heterocycles. The molecule has 4 nitrogen and oxygen atoms in total. The van der Waals surface area contributed by atoms with Crippen molar-refractivity contribution < 1.29 is 9.47 Å². The Bertz CT molecular complexity index is 686. The second-order valence-corrected chi connectivity index (χ2v) is 7.19. The molecule has 0 radical (unpaired) electrons. The van der Waals surface area contributed by atoms with Crippen molar-refractivity contribution in [3.63, 3.8) is 0 Å². The van der Waals surface area contributed by atoms with Crippen LogP contribution in [0.25, 0.3) is 0 Å². The maximum Gasteiger partial charge on any atom is 0.147 e. The number of ether oxygens (including phenoxy) is 2. The average molecular weight is 464 g/mol. The Kier molecular flexibility index (Phi) is 14.4. The molecule has 0 aliphatic carbocycles. The lowest BCUT2D eigenvalue weighted by Gasteiger charge is -2.21. The molecule has 3 atom stereocenters. The second kappa shape index (κ2) is 14.9. The van der Waals surface area contributed by atoms with Gasteiger partial charge in [-0.2, -0.15) is 0 Å². The van der Waals surface area contributed by atoms with E-state index in [4.69, 9.17) is 21.1 Å². The summed E-state index contributed by atoms with van der Waals surface area (Å²) in [5.41, 5.74) is 2.36. The lowest BCUT2D eigenvalue weighted by molar-refractivity contribution is 0.0999. The molecule has 0 fully saturated rings. The summed E-state index contributed by atoms with van der Waals surface area (Å²) in [7, 11) is 1.73. The molecule has 2 aromatic rings. The summed E-state index contributed by atoms with van der Waals surface area (Å²) >= 11 is 6.09. The van der Waals surface area contributed by atoms with E-state index in [9.17, 15) is 0 Å². The molecule has 2 rings (SSSR count). The molecular formula is C22H33Cl3N2O2. The molecule has 0 heterocycles. The predicted octanol–water partition coefficient (Wildman–Crippen LogP) is 5.43. The van der Waals surface area contributed by atoms with Crippen LogP contribution in [-0.2, 0) is 11.2 Å². The van der Waals surface area contributed by atoms with Crippen LogP contribution in [0, 0.1) is 0 Å². The standard InChI is InChI=1S/C22H31ClN2O2.2ClH/c1-5-24-17(3)27-21-11-9-18(10-12-21)13-16(2)25-15-22(26-4)19-7-6-8-20(23)14-19;;/h6-12,14,16-17,22,24-25H,5,13,15H2,1-4H3;2*1H. The normalized spacial score (nSPS) is 13.6. The number of nitrogens with one attached hydrogen (secondary N) is 2. The Morgan fingerprint density at radius 1 is 1.00 bits per heavy atom. The first-order valence-electron chi connectivity index (χ1n) is 9.52. The summed E-state index contributed by atoms with van der Waals surface area (Å²) < 4.78 is 11.4. The van der Waals surface area contributed by atoms with Crippen LogP contribution in [0.1, 0.15) is 38.0 Å². The summed E-state index contributed by atoms with van der Waals surface area (Å²) in [6, 6.07) is 16.4. The molecule has 0 spiro atoms. The average Bonchev–Trinajstić information content (AvgIpc) is 2.64. The quantitative estimate of drug-likeness (QED) is 0.436. The van der Waals surface area contributed by atoms with Gasteiger partial charge in [-0.3, -0.25) is 5.32 Å². The number of methoxy groups -OCH3 is 1. The summed E-state index contributed by atoms with van der Waals surface area (Å²) in [6.07, 6.45) is 0.933. The molecule has 2 N–H and O–H groups in total. The van der Waals surface area contributed by atoms with Gasteiger partial charge < -0.3 is 14.8 Å². The molecule has 29 heavy (non-hydrogen) atoms. The zero-order valence-electron chi connectivity index (χ0n) is 17.5. The van der Waals surface area contributed by atoms with E-state index in [-0.39, 0.29) is 37.1 Å². The van der Waals surface area contributed by atoms with E-state index in [0.717, 1.165) is 35.8 Å². The van der Waals surface area contributed by atoms with Gasteiger partial charge in [-0.15, -0.1) is 24.8 Å². The van der Waals surface area contributed by atoms with E-state index in [1.165, 1.54) is 5.56 Å². The molecule has 0 aliphatic heterocycles. The van der Waals surface area contributed by atoms with Crippen LogP contribution in [0.15, 0.2) is 48.5 Å². The molecule has 0 saturated heterocycles. The van der Waals surface area contributed by atoms with Gasteiger partial charge in [0.1, 0.15) is 12.0 Å². The monoisotopic (exact) mass is 462 g/mol. The highest BCUT2D eigenvalue weighted by atomic mass is 35.5. The minimum Gasteiger partial charge on any atom is -0.476 e. The predicted molar refractivity (Wildman–Crippen MR) is 127 cm³/mol. The summed E-state index contributed by atoms with van der Waals surface area (Å²) in [5, 5.41) is 7.52. The largest absolute Gasteiger partial charge is 0.476 e. The summed E-state index contributed by atoms with van der Waals surface area (Å²) in [6.45, 7) is 7.88. The number of halogens is 3. The van der Waals surface area contributed by atoms with Gasteiger partial charge in [0, 0.05) is 24.7 Å². The fourth-order valence-corrected chi connectivity index (χ4v) is 3.21. The van der Waals surface area contributed by atoms with Crippen molar-refractivity contribution in [1.82, 2.24) is 10.6 Å². The minimum absolute atomic E-state index is 0. The van der Waals surface area contributed by atoms with Crippen molar-refractivity contribution >= 4 is 36.4 Å². The maximum absolute atomic E-state index is 6.09. The highest BCUT2D eigenvalue weighted by molar-refractivity contribution is 6.30. The lowest BCUT2D eigenvalue weighted by atomic mass is 10.1. The fraction of sp³-hybridized carbons (Fsp3) is 0.455.